The van der Waals surface area contributed by atoms with E-state index in [1.54, 1.807) is 6.92 Å². The number of carbonyl (C=O) groups is 3. The molecule has 3 N–H and O–H groups in total. The molecule has 0 bridgehead atoms. The Morgan fingerprint density at radius 2 is 1.96 bits per heavy atom. The van der Waals surface area contributed by atoms with Crippen molar-refractivity contribution in [2.24, 2.45) is 5.73 Å². The van der Waals surface area contributed by atoms with Gasteiger partial charge in [-0.2, -0.15) is 0 Å². The molecule has 146 valence electrons. The standard InChI is InChI=1S/C19H20N4O4S/c1-9-11(12(22-27-9)10-7-5-4-6-8-10)16(25)21-13-17(26)23-14(15(20)24)19(2,3)28-18(13)23/h4-8,13-14,18H,1-3H3,(H2,20,24)(H,21,25)/t13-,14+,18-/m1/s1. The van der Waals surface area contributed by atoms with Crippen LogP contribution in [-0.4, -0.2) is 50.0 Å². The van der Waals surface area contributed by atoms with Gasteiger partial charge in [-0.25, -0.2) is 0 Å². The minimum atomic E-state index is -0.723. The largest absolute Gasteiger partial charge is 0.368 e. The minimum Gasteiger partial charge on any atom is -0.368 e. The summed E-state index contributed by atoms with van der Waals surface area (Å²) in [6, 6.07) is 7.80. The van der Waals surface area contributed by atoms with Crippen LogP contribution < -0.4 is 11.1 Å². The zero-order valence-electron chi connectivity index (χ0n) is 15.6. The van der Waals surface area contributed by atoms with Gasteiger partial charge >= 0.3 is 0 Å². The maximum atomic E-state index is 13.0. The number of β-lactam (4-membered cyclic amide) rings is 1. The van der Waals surface area contributed by atoms with E-state index in [-0.39, 0.29) is 11.3 Å². The highest BCUT2D eigenvalue weighted by molar-refractivity contribution is 8.01. The summed E-state index contributed by atoms with van der Waals surface area (Å²) in [7, 11) is 0. The van der Waals surface area contributed by atoms with Crippen LogP contribution in [0, 0.1) is 6.92 Å². The van der Waals surface area contributed by atoms with Gasteiger partial charge in [0.15, 0.2) is 0 Å². The molecule has 2 aliphatic heterocycles. The topological polar surface area (TPSA) is 119 Å². The Morgan fingerprint density at radius 1 is 1.29 bits per heavy atom. The molecule has 1 aromatic heterocycles. The normalized spacial score (nSPS) is 25.2. The molecule has 0 spiro atoms. The van der Waals surface area contributed by atoms with Crippen molar-refractivity contribution in [3.05, 3.63) is 41.7 Å². The molecule has 1 aromatic carbocycles. The Hall–Kier alpha value is -2.81. The van der Waals surface area contributed by atoms with Crippen molar-refractivity contribution in [3.63, 3.8) is 0 Å². The first-order valence-electron chi connectivity index (χ1n) is 8.84. The van der Waals surface area contributed by atoms with E-state index < -0.39 is 28.6 Å². The number of nitrogens with two attached hydrogens (primary N) is 1. The Bertz CT molecular complexity index is 972. The maximum Gasteiger partial charge on any atom is 0.257 e. The fourth-order valence-corrected chi connectivity index (χ4v) is 5.50. The number of amides is 3. The van der Waals surface area contributed by atoms with Crippen molar-refractivity contribution in [2.45, 2.75) is 43.0 Å². The van der Waals surface area contributed by atoms with Crippen molar-refractivity contribution >= 4 is 29.5 Å². The van der Waals surface area contributed by atoms with E-state index in [0.717, 1.165) is 5.56 Å². The molecule has 0 unspecified atom stereocenters. The van der Waals surface area contributed by atoms with Gasteiger partial charge in [0.05, 0.1) is 0 Å². The summed E-state index contributed by atoms with van der Waals surface area (Å²) in [6.07, 6.45) is 0. The summed E-state index contributed by atoms with van der Waals surface area (Å²) in [5, 5.41) is 6.46. The number of aryl methyl sites for hydroxylation is 1. The third-order valence-corrected chi connectivity index (χ3v) is 6.71. The number of primary amides is 1. The van der Waals surface area contributed by atoms with Crippen LogP contribution in [0.2, 0.25) is 0 Å². The summed E-state index contributed by atoms with van der Waals surface area (Å²) < 4.78 is 4.71. The predicted octanol–water partition coefficient (Wildman–Crippen LogP) is 1.30. The fraction of sp³-hybridized carbons (Fsp3) is 0.368. The van der Waals surface area contributed by atoms with Gasteiger partial charge in [0.2, 0.25) is 11.8 Å². The van der Waals surface area contributed by atoms with Crippen LogP contribution in [-0.2, 0) is 9.59 Å². The van der Waals surface area contributed by atoms with Crippen LogP contribution >= 0.6 is 11.8 Å². The lowest BCUT2D eigenvalue weighted by Crippen LogP contribution is -2.71. The van der Waals surface area contributed by atoms with Gasteiger partial charge < -0.3 is 20.5 Å². The quantitative estimate of drug-likeness (QED) is 0.747. The van der Waals surface area contributed by atoms with Gasteiger partial charge in [-0.05, 0) is 20.8 Å². The van der Waals surface area contributed by atoms with Gasteiger partial charge in [-0.1, -0.05) is 35.5 Å². The first kappa shape index (κ1) is 18.5. The van der Waals surface area contributed by atoms with Crippen LogP contribution in [0.5, 0.6) is 0 Å². The molecule has 2 aliphatic rings. The average Bonchev–Trinajstić information content (AvgIpc) is 3.15. The number of thioether (sulfide) groups is 1. The van der Waals surface area contributed by atoms with E-state index in [1.165, 1.54) is 16.7 Å². The lowest BCUT2D eigenvalue weighted by molar-refractivity contribution is -0.152. The highest BCUT2D eigenvalue weighted by atomic mass is 32.2. The molecule has 28 heavy (non-hydrogen) atoms. The number of hydrogen-bond acceptors (Lipinski definition) is 6. The lowest BCUT2D eigenvalue weighted by atomic mass is 9.95. The zero-order chi connectivity index (χ0) is 20.2. The number of carbonyl (C=O) groups excluding carboxylic acids is 3. The monoisotopic (exact) mass is 400 g/mol. The summed E-state index contributed by atoms with van der Waals surface area (Å²) in [6.45, 7) is 5.39. The van der Waals surface area contributed by atoms with E-state index in [2.05, 4.69) is 10.5 Å². The molecule has 4 rings (SSSR count). The molecule has 3 amide bonds. The van der Waals surface area contributed by atoms with Gasteiger partial charge in [0, 0.05) is 10.3 Å². The first-order chi connectivity index (χ1) is 13.2. The van der Waals surface area contributed by atoms with Crippen molar-refractivity contribution < 1.29 is 18.9 Å². The highest BCUT2D eigenvalue weighted by Gasteiger charge is 2.63. The summed E-state index contributed by atoms with van der Waals surface area (Å²) in [4.78, 5) is 38.9. The van der Waals surface area contributed by atoms with Crippen LogP contribution in [0.1, 0.15) is 30.0 Å². The molecule has 2 saturated heterocycles. The number of nitrogens with one attached hydrogen (secondary N) is 1. The second-order valence-corrected chi connectivity index (χ2v) is 9.21. The molecule has 8 nitrogen and oxygen atoms in total. The average molecular weight is 400 g/mol. The Morgan fingerprint density at radius 3 is 2.61 bits per heavy atom. The van der Waals surface area contributed by atoms with Gasteiger partial charge in [-0.15, -0.1) is 11.8 Å². The van der Waals surface area contributed by atoms with Crippen LogP contribution in [0.3, 0.4) is 0 Å². The van der Waals surface area contributed by atoms with Crippen LogP contribution in [0.25, 0.3) is 11.3 Å². The number of benzene rings is 1. The molecule has 9 heteroatoms. The van der Waals surface area contributed by atoms with E-state index in [9.17, 15) is 14.4 Å². The number of rotatable bonds is 4. The number of hydrogen-bond donors (Lipinski definition) is 2. The SMILES string of the molecule is Cc1onc(-c2ccccc2)c1C(=O)N[C@@H]1C(=O)N2[C@@H]1SC(C)(C)[C@@H]2C(N)=O. The van der Waals surface area contributed by atoms with Gasteiger partial charge in [0.25, 0.3) is 5.91 Å². The Labute approximate surface area is 165 Å². The molecule has 3 atom stereocenters. The molecule has 2 aromatic rings. The van der Waals surface area contributed by atoms with Crippen molar-refractivity contribution in [1.82, 2.24) is 15.4 Å². The van der Waals surface area contributed by atoms with Crippen LogP contribution in [0.4, 0.5) is 0 Å². The van der Waals surface area contributed by atoms with E-state index >= 15 is 0 Å². The maximum absolute atomic E-state index is 13.0. The molecule has 0 radical (unpaired) electrons. The summed E-state index contributed by atoms with van der Waals surface area (Å²) in [5.74, 6) is -0.916. The zero-order valence-corrected chi connectivity index (χ0v) is 16.4. The van der Waals surface area contributed by atoms with E-state index in [4.69, 9.17) is 10.3 Å². The molecular weight excluding hydrogens is 380 g/mol. The van der Waals surface area contributed by atoms with Crippen molar-refractivity contribution in [3.8, 4) is 11.3 Å². The Kier molecular flexibility index (Phi) is 4.22. The molecule has 3 heterocycles. The third kappa shape index (κ3) is 2.69. The van der Waals surface area contributed by atoms with Crippen molar-refractivity contribution in [2.75, 3.05) is 0 Å². The summed E-state index contributed by atoms with van der Waals surface area (Å²) >= 11 is 1.46. The second-order valence-electron chi connectivity index (χ2n) is 7.44. The molecule has 0 aliphatic carbocycles. The van der Waals surface area contributed by atoms with E-state index in [1.807, 2.05) is 44.2 Å². The first-order valence-corrected chi connectivity index (χ1v) is 9.72. The number of nitrogens with zero attached hydrogens (tertiary/aromatic N) is 2. The summed E-state index contributed by atoms with van der Waals surface area (Å²) in [5.41, 5.74) is 6.96. The molecule has 0 saturated carbocycles. The minimum absolute atomic E-state index is 0.297. The molecule has 2 fully saturated rings. The smallest absolute Gasteiger partial charge is 0.257 e. The van der Waals surface area contributed by atoms with Gasteiger partial charge in [-0.3, -0.25) is 14.4 Å². The Balaban J connectivity index is 1.58. The number of aromatic nitrogens is 1. The second kappa shape index (κ2) is 6.37. The molecular formula is C19H20N4O4S. The highest BCUT2D eigenvalue weighted by Crippen LogP contribution is 2.50. The van der Waals surface area contributed by atoms with Crippen molar-refractivity contribution in [1.29, 1.82) is 0 Å². The third-order valence-electron chi connectivity index (χ3n) is 5.13. The fourth-order valence-electron chi connectivity index (χ4n) is 3.85. The van der Waals surface area contributed by atoms with Crippen LogP contribution in [0.15, 0.2) is 34.9 Å². The van der Waals surface area contributed by atoms with Gasteiger partial charge in [0.1, 0.15) is 34.5 Å². The number of fused-ring (bicyclic) bond motifs is 1. The van der Waals surface area contributed by atoms with E-state index in [0.29, 0.717) is 17.0 Å². The predicted molar refractivity (Wildman–Crippen MR) is 103 cm³/mol. The lowest BCUT2D eigenvalue weighted by Gasteiger charge is -2.43.